The summed E-state index contributed by atoms with van der Waals surface area (Å²) < 4.78 is 27.2. The highest BCUT2D eigenvalue weighted by atomic mass is 79.9. The summed E-state index contributed by atoms with van der Waals surface area (Å²) in [6.45, 7) is -0.203. The molecule has 0 aromatic heterocycles. The molecule has 0 fully saturated rings. The Bertz CT molecular complexity index is 459. The lowest BCUT2D eigenvalue weighted by molar-refractivity contribution is 0.306. The number of nitrogens with zero attached hydrogens (tertiary/aromatic N) is 2. The largest absolute Gasteiger partial charge is 0.394 e. The smallest absolute Gasteiger partial charge is 0.303 e. The van der Waals surface area contributed by atoms with Gasteiger partial charge in [-0.1, -0.05) is 15.9 Å². The zero-order valence-corrected chi connectivity index (χ0v) is 12.1. The molecule has 5 nitrogen and oxygen atoms in total. The summed E-state index contributed by atoms with van der Waals surface area (Å²) in [4.78, 5) is 0. The number of hydrogen-bond acceptors (Lipinski definition) is 3. The van der Waals surface area contributed by atoms with Gasteiger partial charge in [0.15, 0.2) is 0 Å². The number of benzene rings is 1. The highest BCUT2D eigenvalue weighted by Gasteiger charge is 2.24. The summed E-state index contributed by atoms with van der Waals surface area (Å²) in [5.41, 5.74) is 0.524. The molecule has 0 bridgehead atoms. The number of halogens is 1. The Morgan fingerprint density at radius 3 is 2.18 bits per heavy atom. The van der Waals surface area contributed by atoms with Crippen LogP contribution in [-0.4, -0.2) is 45.1 Å². The highest BCUT2D eigenvalue weighted by molar-refractivity contribution is 9.10. The van der Waals surface area contributed by atoms with Crippen LogP contribution in [0.4, 0.5) is 5.69 Å². The number of hydrogen-bond donors (Lipinski definition) is 1. The van der Waals surface area contributed by atoms with Gasteiger partial charge in [0, 0.05) is 18.6 Å². The first kappa shape index (κ1) is 14.4. The molecule has 1 N–H and O–H groups in total. The standard InChI is InChI=1S/C10H15BrN2O3S/c1-12(2)17(15,16)13(7-8-14)10-5-3-9(11)4-6-10/h3-6,14H,7-8H2,1-2H3. The minimum absolute atomic E-state index is 0.0299. The van der Waals surface area contributed by atoms with Gasteiger partial charge in [-0.25, -0.2) is 0 Å². The molecular formula is C10H15BrN2O3S. The van der Waals surface area contributed by atoms with Gasteiger partial charge >= 0.3 is 10.2 Å². The van der Waals surface area contributed by atoms with Crippen molar-refractivity contribution in [3.63, 3.8) is 0 Å². The van der Waals surface area contributed by atoms with E-state index in [-0.39, 0.29) is 13.2 Å². The number of anilines is 1. The second kappa shape index (κ2) is 5.81. The van der Waals surface area contributed by atoms with Crippen LogP contribution < -0.4 is 4.31 Å². The van der Waals surface area contributed by atoms with E-state index in [4.69, 9.17) is 5.11 Å². The van der Waals surface area contributed by atoms with E-state index in [9.17, 15) is 8.42 Å². The average molecular weight is 323 g/mol. The molecule has 0 spiro atoms. The third-order valence-corrected chi connectivity index (χ3v) is 4.56. The second-order valence-electron chi connectivity index (χ2n) is 3.56. The molecular weight excluding hydrogens is 308 g/mol. The SMILES string of the molecule is CN(C)S(=O)(=O)N(CCO)c1ccc(Br)cc1. The highest BCUT2D eigenvalue weighted by Crippen LogP contribution is 2.21. The van der Waals surface area contributed by atoms with Crippen molar-refractivity contribution < 1.29 is 13.5 Å². The van der Waals surface area contributed by atoms with E-state index in [0.29, 0.717) is 5.69 Å². The fourth-order valence-electron chi connectivity index (χ4n) is 1.27. The number of aliphatic hydroxyl groups is 1. The van der Waals surface area contributed by atoms with Crippen molar-refractivity contribution in [1.29, 1.82) is 0 Å². The summed E-state index contributed by atoms with van der Waals surface area (Å²) in [5, 5.41) is 8.96. The fourth-order valence-corrected chi connectivity index (χ4v) is 2.63. The molecule has 96 valence electrons. The van der Waals surface area contributed by atoms with Gasteiger partial charge in [-0.2, -0.15) is 12.7 Å². The van der Waals surface area contributed by atoms with Gasteiger partial charge in [-0.15, -0.1) is 0 Å². The second-order valence-corrected chi connectivity index (χ2v) is 6.54. The lowest BCUT2D eigenvalue weighted by Crippen LogP contribution is -2.41. The summed E-state index contributed by atoms with van der Waals surface area (Å²) in [6, 6.07) is 6.87. The Balaban J connectivity index is 3.14. The predicted molar refractivity (Wildman–Crippen MR) is 71.2 cm³/mol. The van der Waals surface area contributed by atoms with Crippen LogP contribution in [0, 0.1) is 0 Å². The Hall–Kier alpha value is -0.630. The lowest BCUT2D eigenvalue weighted by Gasteiger charge is -2.26. The van der Waals surface area contributed by atoms with E-state index in [1.54, 1.807) is 24.3 Å². The first-order chi connectivity index (χ1) is 7.89. The molecule has 0 unspecified atom stereocenters. The molecule has 1 rings (SSSR count). The van der Waals surface area contributed by atoms with Crippen molar-refractivity contribution in [3.8, 4) is 0 Å². The van der Waals surface area contributed by atoms with Crippen molar-refractivity contribution in [2.45, 2.75) is 0 Å². The van der Waals surface area contributed by atoms with Crippen LogP contribution in [0.25, 0.3) is 0 Å². The summed E-state index contributed by atoms with van der Waals surface area (Å²) >= 11 is 3.29. The maximum Gasteiger partial charge on any atom is 0.303 e. The molecule has 0 aliphatic heterocycles. The molecule has 1 aromatic rings. The molecule has 0 radical (unpaired) electrons. The summed E-state index contributed by atoms with van der Waals surface area (Å²) in [7, 11) is -0.662. The third-order valence-electron chi connectivity index (χ3n) is 2.16. The van der Waals surface area contributed by atoms with E-state index in [0.717, 1.165) is 8.78 Å². The van der Waals surface area contributed by atoms with Gasteiger partial charge < -0.3 is 5.11 Å². The van der Waals surface area contributed by atoms with E-state index < -0.39 is 10.2 Å². The van der Waals surface area contributed by atoms with Crippen molar-refractivity contribution in [3.05, 3.63) is 28.7 Å². The molecule has 0 saturated heterocycles. The maximum atomic E-state index is 12.0. The van der Waals surface area contributed by atoms with Crippen LogP contribution in [0.3, 0.4) is 0 Å². The van der Waals surface area contributed by atoms with Crippen molar-refractivity contribution in [2.24, 2.45) is 0 Å². The first-order valence-electron chi connectivity index (χ1n) is 4.96. The molecule has 0 aliphatic carbocycles. The Kier molecular flexibility index (Phi) is 4.93. The number of rotatable bonds is 5. The molecule has 17 heavy (non-hydrogen) atoms. The van der Waals surface area contributed by atoms with Crippen LogP contribution in [-0.2, 0) is 10.2 Å². The zero-order valence-electron chi connectivity index (χ0n) is 9.67. The minimum atomic E-state index is -3.58. The Morgan fingerprint density at radius 2 is 1.76 bits per heavy atom. The maximum absolute atomic E-state index is 12.0. The van der Waals surface area contributed by atoms with E-state index in [1.165, 1.54) is 18.4 Å². The lowest BCUT2D eigenvalue weighted by atomic mass is 10.3. The van der Waals surface area contributed by atoms with Gasteiger partial charge in [0.05, 0.1) is 18.8 Å². The Morgan fingerprint density at radius 1 is 1.24 bits per heavy atom. The topological polar surface area (TPSA) is 60.9 Å². The van der Waals surface area contributed by atoms with Gasteiger partial charge in [0.1, 0.15) is 0 Å². The molecule has 0 amide bonds. The van der Waals surface area contributed by atoms with E-state index in [2.05, 4.69) is 15.9 Å². The predicted octanol–water partition coefficient (Wildman–Crippen LogP) is 1.05. The molecule has 7 heteroatoms. The molecule has 0 saturated carbocycles. The normalized spacial score (nSPS) is 11.8. The van der Waals surface area contributed by atoms with Crippen LogP contribution >= 0.6 is 15.9 Å². The monoisotopic (exact) mass is 322 g/mol. The Labute approximate surface area is 110 Å². The first-order valence-corrected chi connectivity index (χ1v) is 7.15. The van der Waals surface area contributed by atoms with Crippen molar-refractivity contribution in [2.75, 3.05) is 31.6 Å². The van der Waals surface area contributed by atoms with Crippen molar-refractivity contribution in [1.82, 2.24) is 4.31 Å². The number of aliphatic hydroxyl groups excluding tert-OH is 1. The van der Waals surface area contributed by atoms with Gasteiger partial charge in [-0.3, -0.25) is 4.31 Å². The van der Waals surface area contributed by atoms with Crippen LogP contribution in [0.1, 0.15) is 0 Å². The molecule has 0 aliphatic rings. The average Bonchev–Trinajstić information content (AvgIpc) is 2.27. The third kappa shape index (κ3) is 3.41. The fraction of sp³-hybridized carbons (Fsp3) is 0.400. The van der Waals surface area contributed by atoms with Crippen LogP contribution in [0.5, 0.6) is 0 Å². The summed E-state index contributed by atoms with van der Waals surface area (Å²) in [5.74, 6) is 0. The van der Waals surface area contributed by atoms with Crippen LogP contribution in [0.15, 0.2) is 28.7 Å². The van der Waals surface area contributed by atoms with Crippen molar-refractivity contribution >= 4 is 31.8 Å². The minimum Gasteiger partial charge on any atom is -0.394 e. The molecule has 0 atom stereocenters. The van der Waals surface area contributed by atoms with Gasteiger partial charge in [-0.05, 0) is 24.3 Å². The quantitative estimate of drug-likeness (QED) is 0.881. The van der Waals surface area contributed by atoms with E-state index in [1.807, 2.05) is 0 Å². The van der Waals surface area contributed by atoms with E-state index >= 15 is 0 Å². The van der Waals surface area contributed by atoms with Gasteiger partial charge in [0.25, 0.3) is 0 Å². The summed E-state index contributed by atoms with van der Waals surface area (Å²) in [6.07, 6.45) is 0. The zero-order chi connectivity index (χ0) is 13.1. The molecule has 1 aromatic carbocycles. The van der Waals surface area contributed by atoms with Crippen LogP contribution in [0.2, 0.25) is 0 Å². The molecule has 0 heterocycles. The van der Waals surface area contributed by atoms with Gasteiger partial charge in [0.2, 0.25) is 0 Å².